The molecule has 2 aliphatic heterocycles. The maximum atomic E-state index is 15.1. The van der Waals surface area contributed by atoms with E-state index in [1.165, 1.54) is 0 Å². The van der Waals surface area contributed by atoms with E-state index in [0.29, 0.717) is 17.0 Å². The van der Waals surface area contributed by atoms with Gasteiger partial charge < -0.3 is 69.6 Å². The van der Waals surface area contributed by atoms with Gasteiger partial charge in [0.25, 0.3) is 11.7 Å². The smallest absolute Gasteiger partial charge is 0.383 e. The molecule has 380 valence electrons. The predicted molar refractivity (Wildman–Crippen MR) is 197 cm³/mol. The van der Waals surface area contributed by atoms with Crippen LogP contribution in [0, 0.1) is 25.8 Å². The van der Waals surface area contributed by atoms with Crippen LogP contribution in [0.4, 0.5) is 40.9 Å². The maximum absolute atomic E-state index is 15.1. The van der Waals surface area contributed by atoms with Gasteiger partial charge in [-0.3, -0.25) is 18.2 Å². The Morgan fingerprint density at radius 3 is 1.39 bits per heavy atom. The fraction of sp³-hybridized carbons (Fsp3) is 0.600. The van der Waals surface area contributed by atoms with Crippen molar-refractivity contribution in [2.75, 3.05) is 32.3 Å². The Hall–Kier alpha value is -1.28. The number of ether oxygens (including phenoxy) is 2. The average molecular weight is 1160 g/mol. The lowest BCUT2D eigenvalue weighted by Gasteiger charge is -2.27. The third-order valence-electron chi connectivity index (χ3n) is 7.62. The van der Waals surface area contributed by atoms with Gasteiger partial charge in [0.05, 0.1) is 0 Å². The molecule has 2 fully saturated rings. The molecule has 0 saturated carbocycles. The average Bonchev–Trinajstić information content (AvgIpc) is 3.46. The first kappa shape index (κ1) is 59.0. The van der Waals surface area contributed by atoms with Crippen LogP contribution in [0.25, 0.3) is 0 Å². The van der Waals surface area contributed by atoms with Crippen LogP contribution in [0.2, 0.25) is 0 Å². The summed E-state index contributed by atoms with van der Waals surface area (Å²) < 4.78 is 211. The van der Waals surface area contributed by atoms with Gasteiger partial charge in [-0.25, -0.2) is 62.5 Å². The number of anilines is 1. The monoisotopic (exact) mass is 1150 g/mol. The minimum Gasteiger partial charge on any atom is -0.383 e. The van der Waals surface area contributed by atoms with Gasteiger partial charge in [-0.1, -0.05) is 12.2 Å². The Morgan fingerprint density at radius 2 is 1.03 bits per heavy atom. The summed E-state index contributed by atoms with van der Waals surface area (Å²) in [4.78, 5) is 75.9. The van der Waals surface area contributed by atoms with Crippen molar-refractivity contribution in [1.82, 2.24) is 19.1 Å². The molecule has 2 aliphatic rings. The van der Waals surface area contributed by atoms with Gasteiger partial charge in [0.15, 0.2) is 46.9 Å². The second kappa shape index (κ2) is 20.4. The number of nitrogen functional groups attached to an aromatic ring is 1. The van der Waals surface area contributed by atoms with Crippen LogP contribution in [0.5, 0.6) is 0 Å². The SMILES string of the molecule is Nc1nc(=S)n([C@@H]2O[C@](F)(COP(=O)(O)OP(=O)(O)OP(=O)(O)O)[C@H](O)C2(F)CF)cc1F.O=P(O)(O)OP(=O)(O)OP(=O)(O)OC[C@@]1(F)O[C@@H](n2cc(F)c(=S)[nH]c2=S)C(F)(CF)[C@H]1O. The fourth-order valence-electron chi connectivity index (χ4n) is 4.97. The number of halogens is 8. The molecule has 2 saturated heterocycles. The molecule has 2 aromatic rings. The highest BCUT2D eigenvalue weighted by molar-refractivity contribution is 7.72. The minimum atomic E-state index is -5.98. The number of aromatic amines is 1. The molecule has 0 radical (unpaired) electrons. The number of aliphatic hydroxyl groups excluding tert-OH is 2. The molecular weight excluding hydrogens is 1130 g/mol. The number of aliphatic hydroxyl groups is 2. The van der Waals surface area contributed by atoms with Gasteiger partial charge >= 0.3 is 46.9 Å². The maximum Gasteiger partial charge on any atom is 0.490 e. The lowest BCUT2D eigenvalue weighted by atomic mass is 9.96. The highest BCUT2D eigenvalue weighted by Gasteiger charge is 2.69. The molecule has 4 rings (SSSR count). The Labute approximate surface area is 373 Å². The predicted octanol–water partition coefficient (Wildman–Crippen LogP) is 2.90. The second-order valence-corrected chi connectivity index (χ2v) is 22.5. The number of phosphoric acid groups is 6. The van der Waals surface area contributed by atoms with E-state index in [4.69, 9.17) is 47.3 Å². The molecule has 12 atom stereocenters. The zero-order valence-corrected chi connectivity index (χ0v) is 38.6. The van der Waals surface area contributed by atoms with Crippen molar-refractivity contribution in [3.05, 3.63) is 38.2 Å². The molecule has 0 aromatic carbocycles. The summed E-state index contributed by atoms with van der Waals surface area (Å²) in [5.74, 6) is -11.1. The van der Waals surface area contributed by atoms with Crippen LogP contribution >= 0.6 is 83.6 Å². The van der Waals surface area contributed by atoms with Gasteiger partial charge in [-0.15, -0.1) is 0 Å². The molecule has 13 N–H and O–H groups in total. The van der Waals surface area contributed by atoms with Crippen LogP contribution < -0.4 is 5.73 Å². The van der Waals surface area contributed by atoms with E-state index < -0.39 is 153 Å². The molecule has 0 amide bonds. The Bertz CT molecular complexity index is 2650. The third-order valence-corrected chi connectivity index (χ3v) is 16.1. The highest BCUT2D eigenvalue weighted by Crippen LogP contribution is 2.68. The molecule has 0 spiro atoms. The lowest BCUT2D eigenvalue weighted by Crippen LogP contribution is -2.49. The van der Waals surface area contributed by atoms with Gasteiger partial charge in [0.2, 0.25) is 16.1 Å². The molecular formula is C20H27F8N5O24P6S3. The van der Waals surface area contributed by atoms with Crippen molar-refractivity contribution in [3.63, 3.8) is 0 Å². The number of alkyl halides is 6. The van der Waals surface area contributed by atoms with E-state index in [1.54, 1.807) is 0 Å². The van der Waals surface area contributed by atoms with E-state index in [-0.39, 0.29) is 4.57 Å². The Kier molecular flexibility index (Phi) is 18.3. The van der Waals surface area contributed by atoms with Crippen molar-refractivity contribution in [2.45, 2.75) is 47.7 Å². The number of hydrogen-bond acceptors (Lipinski definition) is 21. The van der Waals surface area contributed by atoms with E-state index >= 15 is 17.6 Å². The van der Waals surface area contributed by atoms with Crippen LogP contribution in [0.1, 0.15) is 12.5 Å². The number of hydrogen-bond donors (Lipinski definition) is 12. The molecule has 66 heavy (non-hydrogen) atoms. The first-order valence-electron chi connectivity index (χ1n) is 15.7. The number of nitrogens with one attached hydrogen (secondary N) is 1. The summed E-state index contributed by atoms with van der Waals surface area (Å²) in [5.41, 5.74) is -2.24. The van der Waals surface area contributed by atoms with Crippen molar-refractivity contribution in [1.29, 1.82) is 0 Å². The molecule has 4 heterocycles. The van der Waals surface area contributed by atoms with Crippen molar-refractivity contribution in [3.8, 4) is 0 Å². The number of H-pyrrole nitrogens is 1. The quantitative estimate of drug-likeness (QED) is 0.0580. The van der Waals surface area contributed by atoms with Gasteiger partial charge in [-0.2, -0.15) is 22.2 Å². The topological polar surface area (TPSA) is 443 Å². The lowest BCUT2D eigenvalue weighted by molar-refractivity contribution is -0.204. The summed E-state index contributed by atoms with van der Waals surface area (Å²) in [6.07, 6.45) is -10.6. The minimum absolute atomic E-state index is 0.246. The van der Waals surface area contributed by atoms with Crippen molar-refractivity contribution < 1.29 is 148 Å². The Morgan fingerprint density at radius 1 is 0.667 bits per heavy atom. The Balaban J connectivity index is 0.000000350. The second-order valence-electron chi connectivity index (χ2n) is 12.5. The van der Waals surface area contributed by atoms with E-state index in [0.717, 1.165) is 0 Å². The van der Waals surface area contributed by atoms with Gasteiger partial charge in [0, 0.05) is 12.4 Å². The van der Waals surface area contributed by atoms with Crippen molar-refractivity contribution >= 4 is 89.4 Å². The van der Waals surface area contributed by atoms with E-state index in [2.05, 4.69) is 70.2 Å². The first-order valence-corrected chi connectivity index (χ1v) is 26.0. The van der Waals surface area contributed by atoms with Crippen LogP contribution in [0.3, 0.4) is 0 Å². The number of rotatable bonds is 18. The zero-order chi connectivity index (χ0) is 51.2. The standard InChI is InChI=1S/C10H14F4N3O12P3S.C10H13F4N2O12P3S2/c11-2-9(13)6(18)10(14,27-7(9)17-1-4(12)5(15)16-8(17)33)3-26-31(22,23)29-32(24,25)28-30(19,20)21;11-2-9(13)6(17)10(14,26-7(9)16-1-4(12)5(32)15-8(16)33)3-25-30(21,22)28-31(23,24)27-29(18,19)20/h1,6-7,18H,2-3H2,(H,22,23)(H,24,25)(H2,15,16,33)(H2,19,20,21);1,6-7,17H,2-3H2,(H,21,22)(H,23,24)(H,15,32,33)(H2,18,19,20)/t2*6-,7-,9?,10-/m11/s1. The van der Waals surface area contributed by atoms with E-state index in [1.807, 2.05) is 0 Å². The summed E-state index contributed by atoms with van der Waals surface area (Å²) in [6.45, 7) is -8.32. The number of nitrogens with zero attached hydrogens (tertiary/aromatic N) is 3. The molecule has 2 aromatic heterocycles. The van der Waals surface area contributed by atoms with Crippen LogP contribution in [0.15, 0.2) is 12.4 Å². The van der Waals surface area contributed by atoms with Crippen molar-refractivity contribution in [2.24, 2.45) is 0 Å². The molecule has 6 unspecified atom stereocenters. The molecule has 46 heteroatoms. The molecule has 29 nitrogen and oxygen atoms in total. The summed E-state index contributed by atoms with van der Waals surface area (Å²) in [7, 11) is -35.3. The molecule has 0 bridgehead atoms. The fourth-order valence-corrected chi connectivity index (χ4v) is 11.7. The summed E-state index contributed by atoms with van der Waals surface area (Å²) >= 11 is 14.0. The van der Waals surface area contributed by atoms with Gasteiger partial charge in [0.1, 0.15) is 31.2 Å². The largest absolute Gasteiger partial charge is 0.490 e. The number of aromatic nitrogens is 4. The third kappa shape index (κ3) is 14.4. The number of nitrogens with two attached hydrogens (primary N) is 1. The zero-order valence-electron chi connectivity index (χ0n) is 30.8. The summed E-state index contributed by atoms with van der Waals surface area (Å²) in [6, 6.07) is 0. The first-order chi connectivity index (χ1) is 29.5. The summed E-state index contributed by atoms with van der Waals surface area (Å²) in [5, 5.41) is 20.0. The highest BCUT2D eigenvalue weighted by atomic mass is 32.1. The van der Waals surface area contributed by atoms with E-state index in [9.17, 15) is 65.0 Å². The van der Waals surface area contributed by atoms with Gasteiger partial charge in [-0.05, 0) is 24.4 Å². The van der Waals surface area contributed by atoms with Crippen LogP contribution in [-0.2, 0) is 63.2 Å². The number of phosphoric ester groups is 2. The molecule has 0 aliphatic carbocycles. The van der Waals surface area contributed by atoms with Crippen LogP contribution in [-0.4, -0.2) is 130 Å². The normalized spacial score (nSPS) is 31.8.